The molecule has 1 aliphatic heterocycles. The van der Waals surface area contributed by atoms with E-state index < -0.39 is 101 Å². The lowest BCUT2D eigenvalue weighted by atomic mass is 9.99. The van der Waals surface area contributed by atoms with E-state index in [0.717, 1.165) is 25.8 Å². The SMILES string of the molecule is CC(C)=C=C1C(=O)O[C@H](C)C(=O)N(C)C(CC(C)C)C(=O)O[C@H](Cc2ccc(Cn3cccn3)cc2)C(=O)N(C)[C@@]2(CC2(C)C)C(=O)O[C@H](C)C(=O)N(C)[C@@H](CC(C)C)C(=O)O[C@H](Cc2ccc(Cn3cccn3)cc2)C(=O)N1C. The molecule has 1 aliphatic carbocycles. The number of cyclic esters (lactones) is 4. The summed E-state index contributed by atoms with van der Waals surface area (Å²) < 4.78 is 27.6. The molecule has 2 aliphatic rings. The Morgan fingerprint density at radius 1 is 0.600 bits per heavy atom. The predicted molar refractivity (Wildman–Crippen MR) is 294 cm³/mol. The third kappa shape index (κ3) is 14.7. The number of amides is 4. The van der Waals surface area contributed by atoms with Crippen LogP contribution in [0.5, 0.6) is 0 Å². The number of ether oxygens (including phenoxy) is 4. The van der Waals surface area contributed by atoms with Crippen molar-refractivity contribution in [2.75, 3.05) is 28.2 Å². The number of carbonyl (C=O) groups is 8. The minimum atomic E-state index is -1.64. The molecule has 20 nitrogen and oxygen atoms in total. The number of hydrogen-bond acceptors (Lipinski definition) is 14. The Hall–Kier alpha value is -7.86. The molecule has 80 heavy (non-hydrogen) atoms. The van der Waals surface area contributed by atoms with Gasteiger partial charge in [-0.25, -0.2) is 19.2 Å². The lowest BCUT2D eigenvalue weighted by molar-refractivity contribution is -0.176. The van der Waals surface area contributed by atoms with Crippen molar-refractivity contribution in [3.63, 3.8) is 0 Å². The van der Waals surface area contributed by atoms with Crippen molar-refractivity contribution >= 4 is 47.5 Å². The average Bonchev–Trinajstić information content (AvgIpc) is 4.00. The van der Waals surface area contributed by atoms with E-state index in [-0.39, 0.29) is 43.9 Å². The lowest BCUT2D eigenvalue weighted by Crippen LogP contribution is -2.56. The van der Waals surface area contributed by atoms with Crippen LogP contribution in [0.25, 0.3) is 0 Å². The van der Waals surface area contributed by atoms with Gasteiger partial charge in [-0.1, -0.05) is 95.8 Å². The van der Waals surface area contributed by atoms with Gasteiger partial charge in [0.05, 0.1) is 13.1 Å². The number of aromatic nitrogens is 4. The molecule has 1 unspecified atom stereocenters. The molecule has 430 valence electrons. The topological polar surface area (TPSA) is 222 Å². The van der Waals surface area contributed by atoms with Crippen molar-refractivity contribution in [3.8, 4) is 0 Å². The van der Waals surface area contributed by atoms with Crippen molar-refractivity contribution < 1.29 is 57.3 Å². The van der Waals surface area contributed by atoms with Crippen molar-refractivity contribution in [2.24, 2.45) is 17.3 Å². The molecular formula is C60H78N8O12. The molecule has 2 aromatic heterocycles. The highest BCUT2D eigenvalue weighted by Crippen LogP contribution is 2.60. The van der Waals surface area contributed by atoms with E-state index in [1.165, 1.54) is 46.9 Å². The predicted octanol–water partition coefficient (Wildman–Crippen LogP) is 5.94. The van der Waals surface area contributed by atoms with Crippen LogP contribution >= 0.6 is 0 Å². The minimum absolute atomic E-state index is 0.0651. The van der Waals surface area contributed by atoms with Gasteiger partial charge in [0.1, 0.15) is 17.6 Å². The maximum atomic E-state index is 15.1. The number of hydrogen-bond donors (Lipinski definition) is 0. The van der Waals surface area contributed by atoms with Crippen LogP contribution in [0, 0.1) is 17.3 Å². The van der Waals surface area contributed by atoms with Crippen LogP contribution in [0.15, 0.2) is 102 Å². The monoisotopic (exact) mass is 1100 g/mol. The minimum Gasteiger partial charge on any atom is -0.451 e. The number of nitrogens with zero attached hydrogens (tertiary/aromatic N) is 8. The summed E-state index contributed by atoms with van der Waals surface area (Å²) in [7, 11) is 5.45. The number of carbonyl (C=O) groups excluding carboxylic acids is 8. The standard InChI is InChI=1S/C60H78N8O12/c1-37(2)29-46-55(73)77-40(7)51(69)63(11)48(31-39(5)6)57(75)80-50(33-43-19-23-45(24-20-43)35-68-28-16-26-62-68)54(72)66(14)60(36-59(60,9)10)58(76)78-41(8)52(70)64(12)47(30-38(3)4)56(74)79-49(53(71)65(46)13)32-42-17-21-44(22-18-42)34-67-27-15-25-61-67/h15-28,38-41,47-50H,30-36H2,1-14H3/t40-,41-,47+,48?,49-,50-,60+/m1/s1. The van der Waals surface area contributed by atoms with Gasteiger partial charge < -0.3 is 33.6 Å². The molecular weight excluding hydrogens is 1020 g/mol. The Morgan fingerprint density at radius 2 is 1.00 bits per heavy atom. The van der Waals surface area contributed by atoms with Crippen LogP contribution in [-0.4, -0.2) is 157 Å². The molecule has 4 aromatic rings. The molecule has 7 atom stereocenters. The quantitative estimate of drug-likeness (QED) is 0.0694. The fourth-order valence-electron chi connectivity index (χ4n) is 10.0. The summed E-state index contributed by atoms with van der Waals surface area (Å²) in [5.74, 6) is -7.48. The van der Waals surface area contributed by atoms with Gasteiger partial charge in [0.25, 0.3) is 23.6 Å². The van der Waals surface area contributed by atoms with Crippen molar-refractivity contribution in [3.05, 3.63) is 125 Å². The molecule has 6 rings (SSSR count). The first-order valence-corrected chi connectivity index (χ1v) is 27.1. The van der Waals surface area contributed by atoms with Gasteiger partial charge >= 0.3 is 23.9 Å². The summed E-state index contributed by atoms with van der Waals surface area (Å²) in [4.78, 5) is 122. The van der Waals surface area contributed by atoms with E-state index in [9.17, 15) is 33.6 Å². The summed E-state index contributed by atoms with van der Waals surface area (Å²) in [5.41, 5.74) is 3.39. The van der Waals surface area contributed by atoms with Crippen LogP contribution in [0.3, 0.4) is 0 Å². The zero-order valence-electron chi connectivity index (χ0n) is 48.6. The molecule has 2 aromatic carbocycles. The highest BCUT2D eigenvalue weighted by atomic mass is 16.6. The van der Waals surface area contributed by atoms with Gasteiger partial charge in [-0.15, -0.1) is 0 Å². The Labute approximate surface area is 469 Å². The molecule has 20 heteroatoms. The van der Waals surface area contributed by atoms with E-state index in [1.807, 2.05) is 76.5 Å². The summed E-state index contributed by atoms with van der Waals surface area (Å²) in [6.07, 6.45) is 0.740. The third-order valence-corrected chi connectivity index (χ3v) is 14.8. The normalized spacial score (nSPS) is 24.2. The molecule has 0 radical (unpaired) electrons. The van der Waals surface area contributed by atoms with Gasteiger partial charge in [-0.2, -0.15) is 10.2 Å². The highest BCUT2D eigenvalue weighted by molar-refractivity contribution is 5.99. The number of benzene rings is 2. The molecule has 0 bridgehead atoms. The fourth-order valence-corrected chi connectivity index (χ4v) is 10.0. The zero-order chi connectivity index (χ0) is 59.0. The van der Waals surface area contributed by atoms with E-state index in [4.69, 9.17) is 18.9 Å². The molecule has 1 spiro atoms. The van der Waals surface area contributed by atoms with Crippen LogP contribution in [0.2, 0.25) is 0 Å². The lowest BCUT2D eigenvalue weighted by Gasteiger charge is -2.35. The van der Waals surface area contributed by atoms with Crippen LogP contribution in [0.1, 0.15) is 111 Å². The summed E-state index contributed by atoms with van der Waals surface area (Å²) in [6, 6.07) is 15.6. The van der Waals surface area contributed by atoms with Crippen molar-refractivity contribution in [1.29, 1.82) is 0 Å². The second-order valence-corrected chi connectivity index (χ2v) is 22.8. The molecule has 4 amide bonds. The molecule has 1 saturated heterocycles. The smallest absolute Gasteiger partial charge is 0.364 e. The van der Waals surface area contributed by atoms with Crippen LogP contribution in [-0.2, 0) is 83.2 Å². The second kappa shape index (κ2) is 25.9. The summed E-state index contributed by atoms with van der Waals surface area (Å²) in [6.45, 7) is 17.8. The zero-order valence-corrected chi connectivity index (χ0v) is 48.6. The number of likely N-dealkylation sites (N-methyl/N-ethyl adjacent to an activating group) is 4. The molecule has 0 N–H and O–H groups in total. The first-order chi connectivity index (χ1) is 37.6. The number of rotatable bonds is 12. The molecule has 2 fully saturated rings. The molecule has 3 heterocycles. The first-order valence-electron chi connectivity index (χ1n) is 27.1. The van der Waals surface area contributed by atoms with Gasteiger partial charge in [-0.05, 0) is 98.8 Å². The Kier molecular flexibility index (Phi) is 19.9. The average molecular weight is 1100 g/mol. The van der Waals surface area contributed by atoms with Crippen molar-refractivity contribution in [2.45, 2.75) is 156 Å². The summed E-state index contributed by atoms with van der Waals surface area (Å²) >= 11 is 0. The van der Waals surface area contributed by atoms with Gasteiger partial charge in [-0.3, -0.25) is 33.4 Å². The van der Waals surface area contributed by atoms with Crippen molar-refractivity contribution in [1.82, 2.24) is 39.2 Å². The van der Waals surface area contributed by atoms with Gasteiger partial charge in [0.15, 0.2) is 30.1 Å². The second-order valence-electron chi connectivity index (χ2n) is 22.8. The fraction of sp³-hybridized carbons (Fsp3) is 0.517. The number of esters is 4. The van der Waals surface area contributed by atoms with Crippen LogP contribution < -0.4 is 0 Å². The molecule has 1 saturated carbocycles. The Balaban J connectivity index is 1.41. The van der Waals surface area contributed by atoms with Crippen LogP contribution in [0.4, 0.5) is 0 Å². The van der Waals surface area contributed by atoms with Gasteiger partial charge in [0.2, 0.25) is 0 Å². The Morgan fingerprint density at radius 3 is 1.38 bits per heavy atom. The maximum Gasteiger partial charge on any atom is 0.364 e. The maximum absolute atomic E-state index is 15.1. The first kappa shape index (κ1) is 61.4. The summed E-state index contributed by atoms with van der Waals surface area (Å²) in [5, 5.41) is 8.54. The highest BCUT2D eigenvalue weighted by Gasteiger charge is 2.72. The largest absolute Gasteiger partial charge is 0.451 e. The Bertz CT molecular complexity index is 2930. The third-order valence-electron chi connectivity index (χ3n) is 14.8. The van der Waals surface area contributed by atoms with E-state index >= 15 is 4.79 Å². The van der Waals surface area contributed by atoms with E-state index in [1.54, 1.807) is 73.7 Å². The van der Waals surface area contributed by atoms with E-state index in [2.05, 4.69) is 15.9 Å². The van der Waals surface area contributed by atoms with Gasteiger partial charge in [0, 0.05) is 71.2 Å². The van der Waals surface area contributed by atoms with E-state index in [0.29, 0.717) is 29.8 Å².